The number of hydrogen-bond donors (Lipinski definition) is 2. The highest BCUT2D eigenvalue weighted by Gasteiger charge is 1.92. The molecule has 1 aromatic rings. The van der Waals surface area contributed by atoms with Gasteiger partial charge in [0.05, 0.1) is 6.61 Å². The standard InChI is InChI=1S/C8H11NOS.C4H10/c9-7-2-1-3-8(6-7)11-5-4-10;1-3-4-2/h1-3,6,10H,4-5,9H2;3-4H2,1-2H3. The summed E-state index contributed by atoms with van der Waals surface area (Å²) in [6, 6.07) is 7.65. The van der Waals surface area contributed by atoms with Crippen molar-refractivity contribution in [2.75, 3.05) is 18.1 Å². The Morgan fingerprint density at radius 1 is 1.27 bits per heavy atom. The first-order chi connectivity index (χ1) is 7.24. The third-order valence-corrected chi connectivity index (χ3v) is 2.69. The van der Waals surface area contributed by atoms with E-state index < -0.39 is 0 Å². The molecule has 0 aliphatic carbocycles. The van der Waals surface area contributed by atoms with Gasteiger partial charge in [0.2, 0.25) is 0 Å². The lowest BCUT2D eigenvalue weighted by Gasteiger charge is -1.99. The molecule has 0 aliphatic rings. The maximum Gasteiger partial charge on any atom is 0.0525 e. The van der Waals surface area contributed by atoms with Crippen LogP contribution < -0.4 is 5.73 Å². The Balaban J connectivity index is 0.000000423. The number of rotatable bonds is 4. The van der Waals surface area contributed by atoms with Crippen molar-refractivity contribution in [1.82, 2.24) is 0 Å². The van der Waals surface area contributed by atoms with Gasteiger partial charge in [-0.25, -0.2) is 0 Å². The van der Waals surface area contributed by atoms with Gasteiger partial charge in [0.1, 0.15) is 0 Å². The van der Waals surface area contributed by atoms with Gasteiger partial charge in [0.15, 0.2) is 0 Å². The van der Waals surface area contributed by atoms with Crippen LogP contribution in [-0.2, 0) is 0 Å². The molecule has 1 rings (SSSR count). The van der Waals surface area contributed by atoms with Crippen molar-refractivity contribution in [3.8, 4) is 0 Å². The van der Waals surface area contributed by atoms with Gasteiger partial charge < -0.3 is 10.8 Å². The molecule has 0 aliphatic heterocycles. The number of aliphatic hydroxyl groups is 1. The van der Waals surface area contributed by atoms with E-state index in [0.717, 1.165) is 16.3 Å². The van der Waals surface area contributed by atoms with Crippen LogP contribution in [0.15, 0.2) is 29.2 Å². The first-order valence-electron chi connectivity index (χ1n) is 5.33. The maximum absolute atomic E-state index is 8.54. The Morgan fingerprint density at radius 2 is 1.93 bits per heavy atom. The summed E-state index contributed by atoms with van der Waals surface area (Å²) in [5, 5.41) is 8.54. The Labute approximate surface area is 96.9 Å². The molecule has 0 bridgehead atoms. The molecule has 0 saturated carbocycles. The van der Waals surface area contributed by atoms with E-state index in [1.807, 2.05) is 24.3 Å². The van der Waals surface area contributed by atoms with Crippen molar-refractivity contribution in [2.45, 2.75) is 31.6 Å². The average Bonchev–Trinajstić information content (AvgIpc) is 2.27. The molecule has 86 valence electrons. The SMILES string of the molecule is CCCC.Nc1cccc(SCCO)c1. The monoisotopic (exact) mass is 227 g/mol. The molecular weight excluding hydrogens is 206 g/mol. The zero-order valence-corrected chi connectivity index (χ0v) is 10.4. The Morgan fingerprint density at radius 3 is 2.40 bits per heavy atom. The minimum atomic E-state index is 0.208. The minimum Gasteiger partial charge on any atom is -0.399 e. The van der Waals surface area contributed by atoms with Crippen LogP contribution in [0.4, 0.5) is 5.69 Å². The molecule has 0 spiro atoms. The van der Waals surface area contributed by atoms with Gasteiger partial charge in [0.25, 0.3) is 0 Å². The van der Waals surface area contributed by atoms with Gasteiger partial charge in [-0.2, -0.15) is 0 Å². The lowest BCUT2D eigenvalue weighted by Crippen LogP contribution is -1.87. The predicted molar refractivity (Wildman–Crippen MR) is 69.2 cm³/mol. The average molecular weight is 227 g/mol. The number of thioether (sulfide) groups is 1. The first kappa shape index (κ1) is 14.3. The van der Waals surface area contributed by atoms with E-state index in [0.29, 0.717) is 0 Å². The van der Waals surface area contributed by atoms with E-state index in [4.69, 9.17) is 10.8 Å². The molecule has 0 fully saturated rings. The van der Waals surface area contributed by atoms with Crippen molar-refractivity contribution in [1.29, 1.82) is 0 Å². The van der Waals surface area contributed by atoms with Gasteiger partial charge in [-0.05, 0) is 18.2 Å². The lowest BCUT2D eigenvalue weighted by atomic mass is 10.3. The fourth-order valence-corrected chi connectivity index (χ4v) is 1.49. The van der Waals surface area contributed by atoms with Crippen LogP contribution >= 0.6 is 11.8 Å². The molecule has 0 aromatic heterocycles. The summed E-state index contributed by atoms with van der Waals surface area (Å²) in [7, 11) is 0. The van der Waals surface area contributed by atoms with Gasteiger partial charge in [0, 0.05) is 16.3 Å². The third kappa shape index (κ3) is 8.33. The maximum atomic E-state index is 8.54. The van der Waals surface area contributed by atoms with E-state index in [1.54, 1.807) is 11.8 Å². The smallest absolute Gasteiger partial charge is 0.0525 e. The zero-order chi connectivity index (χ0) is 11.5. The predicted octanol–water partition coefficient (Wildman–Crippen LogP) is 3.16. The van der Waals surface area contributed by atoms with Crippen LogP contribution in [0.25, 0.3) is 0 Å². The van der Waals surface area contributed by atoms with Crippen molar-refractivity contribution in [2.24, 2.45) is 0 Å². The summed E-state index contributed by atoms with van der Waals surface area (Å²) in [5.41, 5.74) is 6.33. The summed E-state index contributed by atoms with van der Waals surface area (Å²) in [4.78, 5) is 1.11. The molecule has 2 nitrogen and oxygen atoms in total. The number of unbranched alkanes of at least 4 members (excludes halogenated alkanes) is 1. The van der Waals surface area contributed by atoms with Gasteiger partial charge in [-0.1, -0.05) is 32.8 Å². The Hall–Kier alpha value is -0.670. The van der Waals surface area contributed by atoms with Crippen LogP contribution in [0.2, 0.25) is 0 Å². The highest BCUT2D eigenvalue weighted by molar-refractivity contribution is 7.99. The summed E-state index contributed by atoms with van der Waals surface area (Å²) in [6.45, 7) is 4.57. The second-order valence-electron chi connectivity index (χ2n) is 3.14. The van der Waals surface area contributed by atoms with E-state index in [2.05, 4.69) is 13.8 Å². The number of nitrogen functional groups attached to an aromatic ring is 1. The van der Waals surface area contributed by atoms with Crippen molar-refractivity contribution in [3.05, 3.63) is 24.3 Å². The summed E-state index contributed by atoms with van der Waals surface area (Å²) < 4.78 is 0. The minimum absolute atomic E-state index is 0.208. The second-order valence-corrected chi connectivity index (χ2v) is 4.31. The zero-order valence-electron chi connectivity index (χ0n) is 9.57. The van der Waals surface area contributed by atoms with Crippen LogP contribution in [0.1, 0.15) is 26.7 Å². The van der Waals surface area contributed by atoms with E-state index in [9.17, 15) is 0 Å². The van der Waals surface area contributed by atoms with Crippen LogP contribution in [0.3, 0.4) is 0 Å². The fraction of sp³-hybridized carbons (Fsp3) is 0.500. The molecule has 0 atom stereocenters. The molecule has 15 heavy (non-hydrogen) atoms. The summed E-state index contributed by atoms with van der Waals surface area (Å²) in [6.07, 6.45) is 2.64. The van der Waals surface area contributed by atoms with Gasteiger partial charge in [-0.3, -0.25) is 0 Å². The van der Waals surface area contributed by atoms with Crippen LogP contribution in [-0.4, -0.2) is 17.5 Å². The fourth-order valence-electron chi connectivity index (χ4n) is 0.768. The molecule has 3 N–H and O–H groups in total. The number of benzene rings is 1. The molecule has 0 unspecified atom stereocenters. The highest BCUT2D eigenvalue weighted by Crippen LogP contribution is 2.19. The normalized spacial score (nSPS) is 9.27. The topological polar surface area (TPSA) is 46.2 Å². The number of nitrogens with two attached hydrogens (primary N) is 1. The van der Waals surface area contributed by atoms with E-state index in [-0.39, 0.29) is 6.61 Å². The molecule has 0 heterocycles. The molecule has 3 heteroatoms. The molecule has 0 saturated heterocycles. The number of aliphatic hydroxyl groups excluding tert-OH is 1. The lowest BCUT2D eigenvalue weighted by molar-refractivity contribution is 0.322. The first-order valence-corrected chi connectivity index (χ1v) is 6.32. The van der Waals surface area contributed by atoms with Gasteiger partial charge >= 0.3 is 0 Å². The second kappa shape index (κ2) is 9.87. The van der Waals surface area contributed by atoms with Crippen LogP contribution in [0, 0.1) is 0 Å². The van der Waals surface area contributed by atoms with Crippen LogP contribution in [0.5, 0.6) is 0 Å². The van der Waals surface area contributed by atoms with E-state index in [1.165, 1.54) is 12.8 Å². The Kier molecular flexibility index (Phi) is 9.43. The van der Waals surface area contributed by atoms with E-state index >= 15 is 0 Å². The van der Waals surface area contributed by atoms with Crippen molar-refractivity contribution in [3.63, 3.8) is 0 Å². The molecule has 1 aromatic carbocycles. The number of anilines is 1. The Bertz CT molecular complexity index is 251. The van der Waals surface area contributed by atoms with Crippen molar-refractivity contribution < 1.29 is 5.11 Å². The largest absolute Gasteiger partial charge is 0.399 e. The van der Waals surface area contributed by atoms with Crippen molar-refractivity contribution >= 4 is 17.4 Å². The molecular formula is C12H21NOS. The summed E-state index contributed by atoms with van der Waals surface area (Å²) in [5.74, 6) is 0.726. The molecule has 0 radical (unpaired) electrons. The third-order valence-electron chi connectivity index (χ3n) is 1.72. The number of hydrogen-bond acceptors (Lipinski definition) is 3. The quantitative estimate of drug-likeness (QED) is 0.613. The summed E-state index contributed by atoms with van der Waals surface area (Å²) >= 11 is 1.60. The van der Waals surface area contributed by atoms with Gasteiger partial charge in [-0.15, -0.1) is 11.8 Å². The molecule has 0 amide bonds. The highest BCUT2D eigenvalue weighted by atomic mass is 32.2.